The molecular formula is C11H15ClN2O2. The van der Waals surface area contributed by atoms with Crippen molar-refractivity contribution in [3.63, 3.8) is 0 Å². The van der Waals surface area contributed by atoms with E-state index in [2.05, 4.69) is 10.3 Å². The fourth-order valence-electron chi connectivity index (χ4n) is 1.23. The van der Waals surface area contributed by atoms with E-state index in [0.717, 1.165) is 6.42 Å². The largest absolute Gasteiger partial charge is 0.351 e. The SMILES string of the molecule is CC(CCCl)CNC(=O)c1cccc(=O)[nH]1. The summed E-state index contributed by atoms with van der Waals surface area (Å²) in [7, 11) is 0. The van der Waals surface area contributed by atoms with Crippen LogP contribution in [0.4, 0.5) is 0 Å². The lowest BCUT2D eigenvalue weighted by atomic mass is 10.1. The first-order valence-corrected chi connectivity index (χ1v) is 5.70. The molecule has 0 spiro atoms. The van der Waals surface area contributed by atoms with Gasteiger partial charge in [-0.15, -0.1) is 11.6 Å². The van der Waals surface area contributed by atoms with Gasteiger partial charge in [-0.3, -0.25) is 9.59 Å². The first kappa shape index (κ1) is 12.8. The van der Waals surface area contributed by atoms with Crippen molar-refractivity contribution in [3.05, 3.63) is 34.2 Å². The van der Waals surface area contributed by atoms with E-state index in [0.29, 0.717) is 18.3 Å². The van der Waals surface area contributed by atoms with Gasteiger partial charge in [-0.2, -0.15) is 0 Å². The van der Waals surface area contributed by atoms with Gasteiger partial charge in [0.15, 0.2) is 0 Å². The summed E-state index contributed by atoms with van der Waals surface area (Å²) >= 11 is 5.59. The van der Waals surface area contributed by atoms with Gasteiger partial charge in [-0.1, -0.05) is 13.0 Å². The maximum atomic E-state index is 11.6. The molecule has 4 nitrogen and oxygen atoms in total. The average Bonchev–Trinajstić information content (AvgIpc) is 2.26. The van der Waals surface area contributed by atoms with E-state index in [1.165, 1.54) is 6.07 Å². The van der Waals surface area contributed by atoms with Crippen molar-refractivity contribution in [3.8, 4) is 0 Å². The second-order valence-corrected chi connectivity index (χ2v) is 4.10. The maximum Gasteiger partial charge on any atom is 0.267 e. The molecule has 88 valence electrons. The third-order valence-corrected chi connectivity index (χ3v) is 2.44. The fourth-order valence-corrected chi connectivity index (χ4v) is 1.60. The molecule has 1 atom stereocenters. The minimum atomic E-state index is -0.276. The molecule has 0 fully saturated rings. The third kappa shape index (κ3) is 4.06. The van der Waals surface area contributed by atoms with Gasteiger partial charge in [0, 0.05) is 18.5 Å². The van der Waals surface area contributed by atoms with E-state index in [-0.39, 0.29) is 17.2 Å². The first-order valence-electron chi connectivity index (χ1n) is 5.17. The molecule has 1 aromatic rings. The number of nitrogens with one attached hydrogen (secondary N) is 2. The zero-order chi connectivity index (χ0) is 12.0. The predicted molar refractivity (Wildman–Crippen MR) is 63.9 cm³/mol. The normalized spacial score (nSPS) is 12.1. The number of pyridine rings is 1. The van der Waals surface area contributed by atoms with Crippen molar-refractivity contribution in [2.24, 2.45) is 5.92 Å². The number of aromatic nitrogens is 1. The van der Waals surface area contributed by atoms with Crippen LogP contribution in [0.5, 0.6) is 0 Å². The van der Waals surface area contributed by atoms with Crippen molar-refractivity contribution in [2.75, 3.05) is 12.4 Å². The van der Waals surface area contributed by atoms with E-state index >= 15 is 0 Å². The lowest BCUT2D eigenvalue weighted by Gasteiger charge is -2.10. The number of amides is 1. The molecule has 0 bridgehead atoms. The number of hydrogen-bond acceptors (Lipinski definition) is 2. The van der Waals surface area contributed by atoms with Crippen molar-refractivity contribution >= 4 is 17.5 Å². The number of hydrogen-bond donors (Lipinski definition) is 2. The van der Waals surface area contributed by atoms with Gasteiger partial charge in [-0.05, 0) is 18.4 Å². The predicted octanol–water partition coefficient (Wildman–Crippen LogP) is 1.37. The highest BCUT2D eigenvalue weighted by molar-refractivity contribution is 6.17. The molecule has 5 heteroatoms. The summed E-state index contributed by atoms with van der Waals surface area (Å²) in [6.07, 6.45) is 0.854. The fraction of sp³-hybridized carbons (Fsp3) is 0.455. The Morgan fingerprint density at radius 2 is 2.31 bits per heavy atom. The summed E-state index contributed by atoms with van der Waals surface area (Å²) in [6, 6.07) is 4.49. The van der Waals surface area contributed by atoms with Gasteiger partial charge in [0.05, 0.1) is 0 Å². The van der Waals surface area contributed by atoms with Crippen molar-refractivity contribution < 1.29 is 4.79 Å². The number of aromatic amines is 1. The molecule has 1 heterocycles. The highest BCUT2D eigenvalue weighted by Crippen LogP contribution is 2.01. The minimum absolute atomic E-state index is 0.265. The zero-order valence-corrected chi connectivity index (χ0v) is 9.88. The molecule has 2 N–H and O–H groups in total. The van der Waals surface area contributed by atoms with E-state index in [1.54, 1.807) is 12.1 Å². The molecular weight excluding hydrogens is 228 g/mol. The highest BCUT2D eigenvalue weighted by Gasteiger charge is 2.07. The van der Waals surface area contributed by atoms with Crippen LogP contribution < -0.4 is 10.9 Å². The number of halogens is 1. The second kappa shape index (κ2) is 6.33. The van der Waals surface area contributed by atoms with Crippen LogP contribution in [0, 0.1) is 5.92 Å². The molecule has 0 aromatic carbocycles. The molecule has 0 aliphatic heterocycles. The maximum absolute atomic E-state index is 11.6. The van der Waals surface area contributed by atoms with Gasteiger partial charge in [0.1, 0.15) is 5.69 Å². The first-order chi connectivity index (χ1) is 7.63. The van der Waals surface area contributed by atoms with Crippen LogP contribution in [0.3, 0.4) is 0 Å². The Bertz CT molecular complexity index is 403. The number of H-pyrrole nitrogens is 1. The summed E-state index contributed by atoms with van der Waals surface area (Å²) in [5.41, 5.74) is 0.00651. The molecule has 1 amide bonds. The minimum Gasteiger partial charge on any atom is -0.351 e. The third-order valence-electron chi connectivity index (χ3n) is 2.23. The molecule has 1 rings (SSSR count). The summed E-state index contributed by atoms with van der Waals surface area (Å²) in [4.78, 5) is 25.0. The van der Waals surface area contributed by atoms with E-state index in [4.69, 9.17) is 11.6 Å². The van der Waals surface area contributed by atoms with Crippen LogP contribution in [-0.4, -0.2) is 23.3 Å². The number of alkyl halides is 1. The van der Waals surface area contributed by atoms with Gasteiger partial charge in [0.25, 0.3) is 5.91 Å². The smallest absolute Gasteiger partial charge is 0.267 e. The Kier molecular flexibility index (Phi) is 5.05. The second-order valence-electron chi connectivity index (χ2n) is 3.72. The highest BCUT2D eigenvalue weighted by atomic mass is 35.5. The van der Waals surface area contributed by atoms with E-state index in [9.17, 15) is 9.59 Å². The molecule has 0 aliphatic rings. The monoisotopic (exact) mass is 242 g/mol. The quantitative estimate of drug-likeness (QED) is 0.766. The van der Waals surface area contributed by atoms with Crippen LogP contribution in [0.1, 0.15) is 23.8 Å². The van der Waals surface area contributed by atoms with Crippen molar-refractivity contribution in [1.29, 1.82) is 0 Å². The van der Waals surface area contributed by atoms with Crippen LogP contribution in [0.25, 0.3) is 0 Å². The summed E-state index contributed by atoms with van der Waals surface area (Å²) < 4.78 is 0. The van der Waals surface area contributed by atoms with Gasteiger partial charge in [-0.25, -0.2) is 0 Å². The molecule has 0 aliphatic carbocycles. The molecule has 0 radical (unpaired) electrons. The van der Waals surface area contributed by atoms with Gasteiger partial charge in [0.2, 0.25) is 5.56 Å². The Morgan fingerprint density at radius 3 is 2.94 bits per heavy atom. The van der Waals surface area contributed by atoms with Crippen molar-refractivity contribution in [2.45, 2.75) is 13.3 Å². The average molecular weight is 243 g/mol. The number of rotatable bonds is 5. The van der Waals surface area contributed by atoms with Crippen LogP contribution in [0.15, 0.2) is 23.0 Å². The summed E-state index contributed by atoms with van der Waals surface area (Å²) in [6.45, 7) is 2.57. The molecule has 16 heavy (non-hydrogen) atoms. The van der Waals surface area contributed by atoms with Gasteiger partial charge < -0.3 is 10.3 Å². The molecule has 0 saturated heterocycles. The zero-order valence-electron chi connectivity index (χ0n) is 9.13. The Balaban J connectivity index is 2.50. The standard InChI is InChI=1S/C11H15ClN2O2/c1-8(5-6-12)7-13-11(16)9-3-2-4-10(15)14-9/h2-4,8H,5-7H2,1H3,(H,13,16)(H,14,15). The lowest BCUT2D eigenvalue weighted by molar-refractivity contribution is 0.0942. The Labute approximate surface area is 99.0 Å². The molecule has 1 unspecified atom stereocenters. The van der Waals surface area contributed by atoms with Gasteiger partial charge >= 0.3 is 0 Å². The number of carbonyl (C=O) groups excluding carboxylic acids is 1. The van der Waals surface area contributed by atoms with E-state index in [1.807, 2.05) is 6.92 Å². The van der Waals surface area contributed by atoms with Crippen molar-refractivity contribution in [1.82, 2.24) is 10.3 Å². The van der Waals surface area contributed by atoms with Crippen LogP contribution in [-0.2, 0) is 0 Å². The summed E-state index contributed by atoms with van der Waals surface area (Å²) in [5.74, 6) is 0.648. The molecule has 0 saturated carbocycles. The molecule has 1 aromatic heterocycles. The Hall–Kier alpha value is -1.29. The van der Waals surface area contributed by atoms with Crippen LogP contribution >= 0.6 is 11.6 Å². The number of carbonyl (C=O) groups is 1. The summed E-state index contributed by atoms with van der Waals surface area (Å²) in [5, 5.41) is 2.74. The van der Waals surface area contributed by atoms with E-state index < -0.39 is 0 Å². The van der Waals surface area contributed by atoms with Crippen LogP contribution in [0.2, 0.25) is 0 Å². The lowest BCUT2D eigenvalue weighted by Crippen LogP contribution is -2.30. The Morgan fingerprint density at radius 1 is 1.56 bits per heavy atom. The topological polar surface area (TPSA) is 62.0 Å².